The van der Waals surface area contributed by atoms with Gasteiger partial charge in [-0.2, -0.15) is 4.98 Å². The number of nitrogens with one attached hydrogen (secondary N) is 2. The molecule has 0 unspecified atom stereocenters. The third-order valence-corrected chi connectivity index (χ3v) is 5.31. The molecule has 0 saturated carbocycles. The summed E-state index contributed by atoms with van der Waals surface area (Å²) in [4.78, 5) is 15.1. The normalized spacial score (nSPS) is 11.2. The van der Waals surface area contributed by atoms with Crippen LogP contribution in [0.15, 0.2) is 66.9 Å². The monoisotopic (exact) mass is 399 g/mol. The fourth-order valence-corrected chi connectivity index (χ4v) is 3.73. The minimum Gasteiger partial charge on any atom is -0.361 e. The fourth-order valence-electron chi connectivity index (χ4n) is 3.73. The molecule has 2 aromatic heterocycles. The van der Waals surface area contributed by atoms with Crippen molar-refractivity contribution in [2.45, 2.75) is 39.8 Å². The van der Waals surface area contributed by atoms with Gasteiger partial charge < -0.3 is 15.2 Å². The summed E-state index contributed by atoms with van der Waals surface area (Å²) >= 11 is 0. The maximum Gasteiger partial charge on any atom is 0.224 e. The molecule has 0 fully saturated rings. The average Bonchev–Trinajstić information content (AvgIpc) is 3.15. The Balaban J connectivity index is 1.47. The molecule has 30 heavy (non-hydrogen) atoms. The van der Waals surface area contributed by atoms with Gasteiger partial charge in [0.25, 0.3) is 0 Å². The lowest BCUT2D eigenvalue weighted by atomic mass is 10.1. The van der Waals surface area contributed by atoms with Gasteiger partial charge in [0, 0.05) is 48.0 Å². The van der Waals surface area contributed by atoms with Gasteiger partial charge in [-0.3, -0.25) is 0 Å². The van der Waals surface area contributed by atoms with E-state index in [9.17, 15) is 0 Å². The van der Waals surface area contributed by atoms with Crippen LogP contribution in [0.1, 0.15) is 30.7 Å². The zero-order valence-electron chi connectivity index (χ0n) is 17.9. The maximum absolute atomic E-state index is 4.83. The van der Waals surface area contributed by atoms with Crippen LogP contribution >= 0.6 is 0 Å². The Morgan fingerprint density at radius 3 is 2.57 bits per heavy atom. The number of hydrogen-bond donors (Lipinski definition) is 2. The lowest BCUT2D eigenvalue weighted by molar-refractivity contribution is 0.671. The van der Waals surface area contributed by atoms with Crippen molar-refractivity contribution in [3.63, 3.8) is 0 Å². The van der Waals surface area contributed by atoms with Crippen LogP contribution in [0.25, 0.3) is 10.9 Å². The molecule has 0 radical (unpaired) electrons. The number of rotatable bonds is 8. The Labute approximate surface area is 178 Å². The highest BCUT2D eigenvalue weighted by Crippen LogP contribution is 2.21. The zero-order valence-corrected chi connectivity index (χ0v) is 17.9. The minimum atomic E-state index is 0.332. The van der Waals surface area contributed by atoms with Crippen LogP contribution in [-0.4, -0.2) is 27.5 Å². The van der Waals surface area contributed by atoms with Gasteiger partial charge in [-0.25, -0.2) is 4.98 Å². The van der Waals surface area contributed by atoms with E-state index in [2.05, 4.69) is 94.8 Å². The van der Waals surface area contributed by atoms with E-state index in [0.717, 1.165) is 31.0 Å². The van der Waals surface area contributed by atoms with Crippen LogP contribution in [-0.2, 0) is 13.0 Å². The first-order valence-corrected chi connectivity index (χ1v) is 10.6. The molecule has 2 N–H and O–H groups in total. The summed E-state index contributed by atoms with van der Waals surface area (Å²) < 4.78 is 0. The minimum absolute atomic E-state index is 0.332. The van der Waals surface area contributed by atoms with Crippen LogP contribution in [0.5, 0.6) is 0 Å². The third-order valence-electron chi connectivity index (χ3n) is 5.31. The molecule has 2 heterocycles. The molecule has 0 aliphatic rings. The smallest absolute Gasteiger partial charge is 0.224 e. The van der Waals surface area contributed by atoms with Crippen LogP contribution < -0.4 is 10.2 Å². The first-order valence-electron chi connectivity index (χ1n) is 10.6. The van der Waals surface area contributed by atoms with E-state index < -0.39 is 0 Å². The van der Waals surface area contributed by atoms with E-state index in [0.29, 0.717) is 12.0 Å². The van der Waals surface area contributed by atoms with Crippen molar-refractivity contribution >= 4 is 22.7 Å². The number of nitrogens with zero attached hydrogens (tertiary/aromatic N) is 3. The first-order chi connectivity index (χ1) is 14.6. The molecule has 5 nitrogen and oxygen atoms in total. The molecule has 0 saturated heterocycles. The lowest BCUT2D eigenvalue weighted by Gasteiger charge is -2.28. The van der Waals surface area contributed by atoms with E-state index in [1.807, 2.05) is 13.0 Å². The summed E-state index contributed by atoms with van der Waals surface area (Å²) in [5, 5.41) is 4.70. The van der Waals surface area contributed by atoms with Crippen molar-refractivity contribution in [2.75, 3.05) is 16.8 Å². The van der Waals surface area contributed by atoms with E-state index in [1.54, 1.807) is 0 Å². The second-order valence-electron chi connectivity index (χ2n) is 7.93. The number of para-hydroxylation sites is 1. The number of benzene rings is 2. The molecule has 5 heteroatoms. The van der Waals surface area contributed by atoms with E-state index >= 15 is 0 Å². The van der Waals surface area contributed by atoms with Gasteiger partial charge in [-0.1, -0.05) is 48.5 Å². The molecule has 0 spiro atoms. The summed E-state index contributed by atoms with van der Waals surface area (Å²) in [5.41, 5.74) is 4.72. The molecule has 0 amide bonds. The standard InChI is InChI=1S/C25H29N5/c1-18(2)30(17-20-9-5-4-6-10-20)24-15-19(3)28-25(29-24)26-14-13-21-16-27-23-12-8-7-11-22(21)23/h4-12,15-16,18,27H,13-14,17H2,1-3H3,(H,26,28,29). The van der Waals surface area contributed by atoms with Crippen LogP contribution in [0, 0.1) is 6.92 Å². The van der Waals surface area contributed by atoms with Gasteiger partial charge in [0.2, 0.25) is 5.95 Å². The predicted molar refractivity (Wildman–Crippen MR) is 125 cm³/mol. The summed E-state index contributed by atoms with van der Waals surface area (Å²) in [7, 11) is 0. The molecule has 4 rings (SSSR count). The number of anilines is 2. The van der Waals surface area contributed by atoms with Gasteiger partial charge in [0.05, 0.1) is 0 Å². The average molecular weight is 400 g/mol. The quantitative estimate of drug-likeness (QED) is 0.420. The molecule has 0 aliphatic carbocycles. The summed E-state index contributed by atoms with van der Waals surface area (Å²) in [5.74, 6) is 1.64. The fraction of sp³-hybridized carbons (Fsp3) is 0.280. The Kier molecular flexibility index (Phi) is 5.98. The highest BCUT2D eigenvalue weighted by atomic mass is 15.2. The number of aryl methyl sites for hydroxylation is 1. The molecule has 0 bridgehead atoms. The molecular weight excluding hydrogens is 370 g/mol. The lowest BCUT2D eigenvalue weighted by Crippen LogP contribution is -2.31. The van der Waals surface area contributed by atoms with Crippen molar-refractivity contribution < 1.29 is 0 Å². The molecule has 0 atom stereocenters. The Hall–Kier alpha value is -3.34. The molecule has 154 valence electrons. The number of hydrogen-bond acceptors (Lipinski definition) is 4. The predicted octanol–water partition coefficient (Wildman–Crippen LogP) is 5.34. The molecular formula is C25H29N5. The SMILES string of the molecule is Cc1cc(N(Cc2ccccc2)C(C)C)nc(NCCc2c[nH]c3ccccc23)n1. The van der Waals surface area contributed by atoms with Crippen molar-refractivity contribution in [3.8, 4) is 0 Å². The van der Waals surface area contributed by atoms with Crippen LogP contribution in [0.2, 0.25) is 0 Å². The number of fused-ring (bicyclic) bond motifs is 1. The van der Waals surface area contributed by atoms with Crippen molar-refractivity contribution in [2.24, 2.45) is 0 Å². The van der Waals surface area contributed by atoms with Gasteiger partial charge in [-0.05, 0) is 44.4 Å². The van der Waals surface area contributed by atoms with Gasteiger partial charge >= 0.3 is 0 Å². The highest BCUT2D eigenvalue weighted by molar-refractivity contribution is 5.83. The second-order valence-corrected chi connectivity index (χ2v) is 7.93. The first kappa shape index (κ1) is 20.0. The van der Waals surface area contributed by atoms with E-state index in [4.69, 9.17) is 4.98 Å². The van der Waals surface area contributed by atoms with Crippen molar-refractivity contribution in [1.82, 2.24) is 15.0 Å². The Morgan fingerprint density at radius 2 is 1.77 bits per heavy atom. The Morgan fingerprint density at radius 1 is 1.00 bits per heavy atom. The van der Waals surface area contributed by atoms with Crippen molar-refractivity contribution in [1.29, 1.82) is 0 Å². The van der Waals surface area contributed by atoms with Crippen LogP contribution in [0.3, 0.4) is 0 Å². The second kappa shape index (κ2) is 8.99. The maximum atomic E-state index is 4.83. The third kappa shape index (κ3) is 4.62. The van der Waals surface area contributed by atoms with Crippen LogP contribution in [0.4, 0.5) is 11.8 Å². The summed E-state index contributed by atoms with van der Waals surface area (Å²) in [6.07, 6.45) is 3.00. The van der Waals surface area contributed by atoms with Gasteiger partial charge in [0.15, 0.2) is 0 Å². The highest BCUT2D eigenvalue weighted by Gasteiger charge is 2.15. The van der Waals surface area contributed by atoms with Gasteiger partial charge in [0.1, 0.15) is 5.82 Å². The topological polar surface area (TPSA) is 56.8 Å². The zero-order chi connectivity index (χ0) is 20.9. The largest absolute Gasteiger partial charge is 0.361 e. The number of aromatic amines is 1. The summed E-state index contributed by atoms with van der Waals surface area (Å²) in [6.45, 7) is 8.03. The summed E-state index contributed by atoms with van der Waals surface area (Å²) in [6, 6.07) is 21.3. The van der Waals surface area contributed by atoms with Gasteiger partial charge in [-0.15, -0.1) is 0 Å². The van der Waals surface area contributed by atoms with E-state index in [-0.39, 0.29) is 0 Å². The Bertz CT molecular complexity index is 1100. The van der Waals surface area contributed by atoms with E-state index in [1.165, 1.54) is 22.0 Å². The molecule has 4 aromatic rings. The number of aromatic nitrogens is 3. The molecule has 0 aliphatic heterocycles. The number of H-pyrrole nitrogens is 1. The molecule has 2 aromatic carbocycles. The van der Waals surface area contributed by atoms with Crippen molar-refractivity contribution in [3.05, 3.63) is 83.7 Å².